The fourth-order valence-corrected chi connectivity index (χ4v) is 4.19. The Morgan fingerprint density at radius 2 is 2.10 bits per heavy atom. The van der Waals surface area contributed by atoms with E-state index in [1.165, 1.54) is 6.07 Å². The van der Waals surface area contributed by atoms with Crippen LogP contribution in [0.3, 0.4) is 0 Å². The third-order valence-electron chi connectivity index (χ3n) is 4.16. The summed E-state index contributed by atoms with van der Waals surface area (Å²) in [5.74, 6) is 0.503. The molecule has 1 N–H and O–H groups in total. The zero-order valence-corrected chi connectivity index (χ0v) is 12.7. The highest BCUT2D eigenvalue weighted by atomic mass is 32.2. The number of hydrogen-bond acceptors (Lipinski definition) is 4. The smallest absolute Gasteiger partial charge is 0.240 e. The summed E-state index contributed by atoms with van der Waals surface area (Å²) >= 11 is 0. The lowest BCUT2D eigenvalue weighted by molar-refractivity contribution is 0.0848. The van der Waals surface area contributed by atoms with Gasteiger partial charge in [0, 0.05) is 6.61 Å². The number of ether oxygens (including phenoxy) is 1. The molecule has 6 heteroatoms. The van der Waals surface area contributed by atoms with Crippen molar-refractivity contribution in [3.63, 3.8) is 0 Å². The Morgan fingerprint density at radius 3 is 2.71 bits per heavy atom. The van der Waals surface area contributed by atoms with Gasteiger partial charge in [-0.1, -0.05) is 0 Å². The maximum Gasteiger partial charge on any atom is 0.240 e. The van der Waals surface area contributed by atoms with Gasteiger partial charge >= 0.3 is 0 Å². The number of hydrogen-bond donors (Lipinski definition) is 1. The van der Waals surface area contributed by atoms with Crippen LogP contribution in [-0.2, 0) is 14.8 Å². The Hall–Kier alpha value is -1.42. The van der Waals surface area contributed by atoms with Crippen LogP contribution in [0.25, 0.3) is 0 Å². The Balaban J connectivity index is 1.80. The number of benzene rings is 1. The molecular formula is C15H18N2O3S. The van der Waals surface area contributed by atoms with E-state index in [0.29, 0.717) is 23.7 Å². The molecule has 2 atom stereocenters. The molecule has 0 amide bonds. The minimum absolute atomic E-state index is 0.0132. The zero-order valence-electron chi connectivity index (χ0n) is 11.9. The second-order valence-corrected chi connectivity index (χ2v) is 7.49. The lowest BCUT2D eigenvalue weighted by Crippen LogP contribution is -2.41. The van der Waals surface area contributed by atoms with Gasteiger partial charge in [0.05, 0.1) is 28.7 Å². The van der Waals surface area contributed by atoms with E-state index in [1.54, 1.807) is 19.1 Å². The van der Waals surface area contributed by atoms with Crippen molar-refractivity contribution in [1.82, 2.24) is 4.72 Å². The number of sulfonamides is 1. The van der Waals surface area contributed by atoms with E-state index >= 15 is 0 Å². The fraction of sp³-hybridized carbons (Fsp3) is 0.533. The Labute approximate surface area is 125 Å². The monoisotopic (exact) mass is 306 g/mol. The van der Waals surface area contributed by atoms with Gasteiger partial charge in [-0.05, 0) is 55.9 Å². The van der Waals surface area contributed by atoms with Gasteiger partial charge in [0.2, 0.25) is 10.0 Å². The first-order valence-electron chi connectivity index (χ1n) is 7.16. The van der Waals surface area contributed by atoms with Crippen LogP contribution in [0.5, 0.6) is 0 Å². The average molecular weight is 306 g/mol. The van der Waals surface area contributed by atoms with Crippen LogP contribution >= 0.6 is 0 Å². The van der Waals surface area contributed by atoms with Crippen molar-refractivity contribution in [2.24, 2.45) is 5.92 Å². The highest BCUT2D eigenvalue weighted by Gasteiger charge is 2.42. The van der Waals surface area contributed by atoms with Gasteiger partial charge in [0.25, 0.3) is 0 Å². The molecule has 2 aliphatic rings. The van der Waals surface area contributed by atoms with Crippen molar-refractivity contribution in [2.75, 3.05) is 6.61 Å². The molecule has 1 aromatic rings. The third kappa shape index (κ3) is 2.95. The standard InChI is InChI=1S/C15H18N2O3S/c1-10-8-13(5-4-12(10)9-16)21(18,19)17-14-6-7-20-15(14)11-2-3-11/h4-5,8,11,14-15,17H,2-3,6-7H2,1H3. The summed E-state index contributed by atoms with van der Waals surface area (Å²) in [5.41, 5.74) is 1.16. The van der Waals surface area contributed by atoms with Gasteiger partial charge in [-0.3, -0.25) is 0 Å². The minimum Gasteiger partial charge on any atom is -0.376 e. The molecule has 0 spiro atoms. The molecule has 0 aromatic heterocycles. The van der Waals surface area contributed by atoms with Crippen LogP contribution in [0, 0.1) is 24.2 Å². The minimum atomic E-state index is -3.57. The van der Waals surface area contributed by atoms with Crippen LogP contribution in [0.2, 0.25) is 0 Å². The Kier molecular flexibility index (Phi) is 3.74. The molecule has 1 saturated carbocycles. The molecule has 112 valence electrons. The number of nitrogens with zero attached hydrogens (tertiary/aromatic N) is 1. The van der Waals surface area contributed by atoms with Crippen molar-refractivity contribution in [3.05, 3.63) is 29.3 Å². The Bertz CT molecular complexity index is 689. The van der Waals surface area contributed by atoms with E-state index in [-0.39, 0.29) is 17.0 Å². The van der Waals surface area contributed by atoms with E-state index in [1.807, 2.05) is 6.07 Å². The van der Waals surface area contributed by atoms with Crippen LogP contribution in [0.15, 0.2) is 23.1 Å². The third-order valence-corrected chi connectivity index (χ3v) is 5.65. The van der Waals surface area contributed by atoms with Crippen molar-refractivity contribution in [3.8, 4) is 6.07 Å². The summed E-state index contributed by atoms with van der Waals surface area (Å²) in [6.45, 7) is 2.35. The van der Waals surface area contributed by atoms with E-state index in [0.717, 1.165) is 19.3 Å². The summed E-state index contributed by atoms with van der Waals surface area (Å²) in [6.07, 6.45) is 2.98. The first-order valence-corrected chi connectivity index (χ1v) is 8.64. The molecule has 1 heterocycles. The molecule has 5 nitrogen and oxygen atoms in total. The average Bonchev–Trinajstić information content (AvgIpc) is 3.19. The van der Waals surface area contributed by atoms with Crippen LogP contribution in [-0.4, -0.2) is 27.2 Å². The quantitative estimate of drug-likeness (QED) is 0.918. The first-order chi connectivity index (χ1) is 10.0. The largest absolute Gasteiger partial charge is 0.376 e. The lowest BCUT2D eigenvalue weighted by Gasteiger charge is -2.19. The highest BCUT2D eigenvalue weighted by molar-refractivity contribution is 7.89. The molecule has 0 radical (unpaired) electrons. The lowest BCUT2D eigenvalue weighted by atomic mass is 10.1. The predicted molar refractivity (Wildman–Crippen MR) is 77.1 cm³/mol. The maximum atomic E-state index is 12.5. The molecule has 1 saturated heterocycles. The normalized spacial score (nSPS) is 25.7. The maximum absolute atomic E-state index is 12.5. The predicted octanol–water partition coefficient (Wildman–Crippen LogP) is 1.71. The fourth-order valence-electron chi connectivity index (χ4n) is 2.82. The highest BCUT2D eigenvalue weighted by Crippen LogP contribution is 2.39. The van der Waals surface area contributed by atoms with E-state index in [2.05, 4.69) is 4.72 Å². The summed E-state index contributed by atoms with van der Waals surface area (Å²) in [6, 6.07) is 6.48. The second-order valence-electron chi connectivity index (χ2n) is 5.78. The van der Waals surface area contributed by atoms with Crippen molar-refractivity contribution < 1.29 is 13.2 Å². The first kappa shape index (κ1) is 14.5. The molecule has 0 bridgehead atoms. The number of aryl methyl sites for hydroxylation is 1. The van der Waals surface area contributed by atoms with E-state index in [4.69, 9.17) is 10.00 Å². The van der Waals surface area contributed by atoms with E-state index < -0.39 is 10.0 Å². The summed E-state index contributed by atoms with van der Waals surface area (Å²) in [5, 5.41) is 8.91. The molecule has 1 aliphatic carbocycles. The number of rotatable bonds is 4. The van der Waals surface area contributed by atoms with Crippen molar-refractivity contribution in [2.45, 2.75) is 43.2 Å². The summed E-state index contributed by atoms with van der Waals surface area (Å²) in [7, 11) is -3.57. The van der Waals surface area contributed by atoms with Crippen LogP contribution in [0.1, 0.15) is 30.4 Å². The van der Waals surface area contributed by atoms with Crippen LogP contribution < -0.4 is 4.72 Å². The summed E-state index contributed by atoms with van der Waals surface area (Å²) in [4.78, 5) is 0.209. The summed E-state index contributed by atoms with van der Waals surface area (Å²) < 4.78 is 33.4. The number of nitrogens with one attached hydrogen (secondary N) is 1. The van der Waals surface area contributed by atoms with Crippen molar-refractivity contribution >= 4 is 10.0 Å². The topological polar surface area (TPSA) is 79.2 Å². The Morgan fingerprint density at radius 1 is 1.33 bits per heavy atom. The molecule has 2 fully saturated rings. The van der Waals surface area contributed by atoms with Gasteiger partial charge in [-0.25, -0.2) is 13.1 Å². The van der Waals surface area contributed by atoms with Crippen LogP contribution in [0.4, 0.5) is 0 Å². The van der Waals surface area contributed by atoms with Gasteiger partial charge in [0.1, 0.15) is 0 Å². The van der Waals surface area contributed by atoms with Gasteiger partial charge in [0.15, 0.2) is 0 Å². The molecule has 2 unspecified atom stereocenters. The van der Waals surface area contributed by atoms with E-state index in [9.17, 15) is 8.42 Å². The zero-order chi connectivity index (χ0) is 15.0. The SMILES string of the molecule is Cc1cc(S(=O)(=O)NC2CCOC2C2CC2)ccc1C#N. The molecule has 1 aromatic carbocycles. The number of nitriles is 1. The molecule has 3 rings (SSSR count). The molecule has 1 aliphatic heterocycles. The van der Waals surface area contributed by atoms with Gasteiger partial charge < -0.3 is 4.74 Å². The van der Waals surface area contributed by atoms with Gasteiger partial charge in [-0.15, -0.1) is 0 Å². The molecular weight excluding hydrogens is 288 g/mol. The second kappa shape index (κ2) is 5.41. The molecule has 21 heavy (non-hydrogen) atoms. The van der Waals surface area contributed by atoms with Gasteiger partial charge in [-0.2, -0.15) is 5.26 Å². The van der Waals surface area contributed by atoms with Crippen molar-refractivity contribution in [1.29, 1.82) is 5.26 Å².